The monoisotopic (exact) mass is 253 g/mol. The highest BCUT2D eigenvalue weighted by atomic mass is 19.4. The second-order valence-electron chi connectivity index (χ2n) is 4.42. The Labute approximate surface area is 104 Å². The number of carbonyl (C=O) groups is 1. The van der Waals surface area contributed by atoms with Crippen molar-refractivity contribution in [3.63, 3.8) is 0 Å². The summed E-state index contributed by atoms with van der Waals surface area (Å²) in [5.74, 6) is -0.360. The molecule has 1 saturated heterocycles. The topological polar surface area (TPSA) is 20.3 Å². The highest BCUT2D eigenvalue weighted by molar-refractivity contribution is 6.15. The minimum Gasteiger partial charge on any atom is -0.396 e. The summed E-state index contributed by atoms with van der Waals surface area (Å²) >= 11 is 0. The van der Waals surface area contributed by atoms with Crippen LogP contribution in [-0.2, 0) is 17.4 Å². The molecule has 0 spiro atoms. The summed E-state index contributed by atoms with van der Waals surface area (Å²) in [5.41, 5.74) is 0.0427. The van der Waals surface area contributed by atoms with Gasteiger partial charge < -0.3 is 4.81 Å². The number of carbonyl (C=O) groups excluding carboxylic acids is 1. The van der Waals surface area contributed by atoms with Gasteiger partial charge in [-0.1, -0.05) is 12.1 Å². The van der Waals surface area contributed by atoms with Crippen molar-refractivity contribution in [3.05, 3.63) is 35.4 Å². The molecular formula is C12H11BF3NO. The highest BCUT2D eigenvalue weighted by Gasteiger charge is 2.31. The van der Waals surface area contributed by atoms with Gasteiger partial charge >= 0.3 is 6.18 Å². The molecule has 0 saturated carbocycles. The fourth-order valence-corrected chi connectivity index (χ4v) is 2.07. The van der Waals surface area contributed by atoms with Gasteiger partial charge in [0.15, 0.2) is 0 Å². The molecule has 2 radical (unpaired) electrons. The molecule has 2 nitrogen and oxygen atoms in total. The van der Waals surface area contributed by atoms with Crippen LogP contribution in [0.5, 0.6) is 0 Å². The molecule has 6 heteroatoms. The molecule has 1 aromatic carbocycles. The number of rotatable bonds is 2. The minimum absolute atomic E-state index is 0.144. The number of halogens is 3. The quantitative estimate of drug-likeness (QED) is 0.739. The molecule has 1 heterocycles. The molecule has 0 N–H and O–H groups in total. The van der Waals surface area contributed by atoms with Crippen molar-refractivity contribution in [2.75, 3.05) is 6.54 Å². The lowest BCUT2D eigenvalue weighted by Gasteiger charge is -2.11. The van der Waals surface area contributed by atoms with E-state index >= 15 is 0 Å². The second kappa shape index (κ2) is 4.67. The van der Waals surface area contributed by atoms with Crippen LogP contribution >= 0.6 is 0 Å². The Hall–Kier alpha value is -1.46. The smallest absolute Gasteiger partial charge is 0.396 e. The zero-order chi connectivity index (χ0) is 13.3. The van der Waals surface area contributed by atoms with Crippen molar-refractivity contribution >= 4 is 13.9 Å². The summed E-state index contributed by atoms with van der Waals surface area (Å²) in [6.45, 7) is 0.504. The summed E-state index contributed by atoms with van der Waals surface area (Å²) in [5, 5.41) is 0. The molecule has 18 heavy (non-hydrogen) atoms. The first-order valence-electron chi connectivity index (χ1n) is 5.60. The summed E-state index contributed by atoms with van der Waals surface area (Å²) < 4.78 is 37.1. The molecular weight excluding hydrogens is 242 g/mol. The zero-order valence-corrected chi connectivity index (χ0v) is 9.57. The molecule has 1 atom stereocenters. The van der Waals surface area contributed by atoms with Crippen LogP contribution in [0.1, 0.15) is 17.5 Å². The number of alkyl halides is 3. The molecule has 0 bridgehead atoms. The van der Waals surface area contributed by atoms with Gasteiger partial charge in [-0.3, -0.25) is 4.79 Å². The molecule has 0 aromatic heterocycles. The van der Waals surface area contributed by atoms with Crippen LogP contribution in [0.2, 0.25) is 0 Å². The number of benzene rings is 1. The van der Waals surface area contributed by atoms with Gasteiger partial charge in [0.2, 0.25) is 13.9 Å². The molecule has 1 fully saturated rings. The Bertz CT molecular complexity index is 444. The largest absolute Gasteiger partial charge is 0.416 e. The number of hydrogen-bond acceptors (Lipinski definition) is 1. The van der Waals surface area contributed by atoms with E-state index in [-0.39, 0.29) is 11.8 Å². The van der Waals surface area contributed by atoms with Crippen molar-refractivity contribution in [2.45, 2.75) is 19.0 Å². The van der Waals surface area contributed by atoms with Crippen LogP contribution in [0, 0.1) is 5.92 Å². The maximum atomic E-state index is 12.4. The molecule has 1 aliphatic rings. The standard InChI is InChI=1S/C12H11BF3NO/c13-17-6-5-9(11(17)18)7-8-1-3-10(4-2-8)12(14,15)16/h1-4,9H,5-7H2. The van der Waals surface area contributed by atoms with Gasteiger partial charge in [0.1, 0.15) is 0 Å². The normalized spacial score (nSPS) is 20.5. The SMILES string of the molecule is [B]N1CCC(Cc2ccc(C(F)(F)F)cc2)C1=O. The van der Waals surface area contributed by atoms with Crippen LogP contribution in [0.25, 0.3) is 0 Å². The van der Waals surface area contributed by atoms with Crippen LogP contribution < -0.4 is 0 Å². The van der Waals surface area contributed by atoms with Crippen molar-refractivity contribution in [2.24, 2.45) is 5.92 Å². The van der Waals surface area contributed by atoms with Crippen molar-refractivity contribution < 1.29 is 18.0 Å². The number of amides is 1. The maximum absolute atomic E-state index is 12.4. The summed E-state index contributed by atoms with van der Waals surface area (Å²) in [6.07, 6.45) is -3.24. The van der Waals surface area contributed by atoms with Gasteiger partial charge in [-0.05, 0) is 30.5 Å². The van der Waals surface area contributed by atoms with Gasteiger partial charge in [0, 0.05) is 12.5 Å². The number of nitrogens with zero attached hydrogens (tertiary/aromatic N) is 1. The van der Waals surface area contributed by atoms with Gasteiger partial charge in [-0.25, -0.2) is 0 Å². The Kier molecular flexibility index (Phi) is 3.37. The summed E-state index contributed by atoms with van der Waals surface area (Å²) in [7, 11) is 5.44. The van der Waals surface area contributed by atoms with Crippen LogP contribution in [-0.4, -0.2) is 25.2 Å². The van der Waals surface area contributed by atoms with E-state index in [1.807, 2.05) is 0 Å². The van der Waals surface area contributed by atoms with Crippen LogP contribution in [0.4, 0.5) is 13.2 Å². The predicted octanol–water partition coefficient (Wildman–Crippen LogP) is 2.18. The predicted molar refractivity (Wildman–Crippen MR) is 60.7 cm³/mol. The maximum Gasteiger partial charge on any atom is 0.416 e. The van der Waals surface area contributed by atoms with E-state index < -0.39 is 11.7 Å². The van der Waals surface area contributed by atoms with E-state index in [0.717, 1.165) is 22.5 Å². The van der Waals surface area contributed by atoms with E-state index in [9.17, 15) is 18.0 Å². The van der Waals surface area contributed by atoms with E-state index in [4.69, 9.17) is 7.98 Å². The molecule has 1 aromatic rings. The van der Waals surface area contributed by atoms with Gasteiger partial charge in [-0.15, -0.1) is 0 Å². The Balaban J connectivity index is 2.05. The zero-order valence-electron chi connectivity index (χ0n) is 9.57. The van der Waals surface area contributed by atoms with E-state index in [0.29, 0.717) is 19.4 Å². The van der Waals surface area contributed by atoms with Crippen LogP contribution in [0.3, 0.4) is 0 Å². The third kappa shape index (κ3) is 2.68. The summed E-state index contributed by atoms with van der Waals surface area (Å²) in [6, 6.07) is 4.90. The van der Waals surface area contributed by atoms with Gasteiger partial charge in [-0.2, -0.15) is 13.2 Å². The fraction of sp³-hybridized carbons (Fsp3) is 0.417. The minimum atomic E-state index is -4.32. The molecule has 94 valence electrons. The third-order valence-corrected chi connectivity index (χ3v) is 3.11. The Morgan fingerprint density at radius 3 is 2.33 bits per heavy atom. The lowest BCUT2D eigenvalue weighted by Crippen LogP contribution is -2.25. The molecule has 1 aliphatic heterocycles. The Morgan fingerprint density at radius 2 is 1.89 bits per heavy atom. The average Bonchev–Trinajstić information content (AvgIpc) is 2.61. The van der Waals surface area contributed by atoms with E-state index in [1.165, 1.54) is 12.1 Å². The first-order chi connectivity index (χ1) is 8.38. The molecule has 2 rings (SSSR count). The van der Waals surface area contributed by atoms with Crippen molar-refractivity contribution in [3.8, 4) is 0 Å². The first kappa shape index (κ1) is 13.0. The average molecular weight is 253 g/mol. The van der Waals surface area contributed by atoms with E-state index in [1.54, 1.807) is 0 Å². The number of hydrogen-bond donors (Lipinski definition) is 0. The van der Waals surface area contributed by atoms with Gasteiger partial charge in [0.05, 0.1) is 5.56 Å². The lowest BCUT2D eigenvalue weighted by molar-refractivity contribution is -0.137. The van der Waals surface area contributed by atoms with E-state index in [2.05, 4.69) is 0 Å². The second-order valence-corrected chi connectivity index (χ2v) is 4.42. The fourth-order valence-electron chi connectivity index (χ4n) is 2.07. The van der Waals surface area contributed by atoms with Crippen molar-refractivity contribution in [1.29, 1.82) is 0 Å². The van der Waals surface area contributed by atoms with Crippen molar-refractivity contribution in [1.82, 2.24) is 4.81 Å². The molecule has 1 amide bonds. The van der Waals surface area contributed by atoms with Crippen LogP contribution in [0.15, 0.2) is 24.3 Å². The molecule has 1 unspecified atom stereocenters. The van der Waals surface area contributed by atoms with Gasteiger partial charge in [0.25, 0.3) is 0 Å². The Morgan fingerprint density at radius 1 is 1.28 bits per heavy atom. The lowest BCUT2D eigenvalue weighted by atomic mass is 9.97. The first-order valence-corrected chi connectivity index (χ1v) is 5.60. The summed E-state index contributed by atoms with van der Waals surface area (Å²) in [4.78, 5) is 12.7. The molecule has 0 aliphatic carbocycles. The highest BCUT2D eigenvalue weighted by Crippen LogP contribution is 2.30. The third-order valence-electron chi connectivity index (χ3n) is 3.11.